The summed E-state index contributed by atoms with van der Waals surface area (Å²) in [7, 11) is 0. The van der Waals surface area contributed by atoms with Gasteiger partial charge < -0.3 is 30.9 Å². The van der Waals surface area contributed by atoms with Gasteiger partial charge in [0.2, 0.25) is 0 Å². The van der Waals surface area contributed by atoms with Gasteiger partial charge in [0.15, 0.2) is 5.69 Å². The van der Waals surface area contributed by atoms with Crippen LogP contribution in [-0.2, 0) is 4.74 Å². The van der Waals surface area contributed by atoms with E-state index in [2.05, 4.69) is 36.0 Å². The zero-order valence-electron chi connectivity index (χ0n) is 15.6. The molecule has 0 bridgehead atoms. The molecule has 14 heteroatoms. The summed E-state index contributed by atoms with van der Waals surface area (Å²) >= 11 is 5.22. The first-order chi connectivity index (χ1) is 14.9. The highest BCUT2D eigenvalue weighted by atomic mass is 79.9. The number of hydrogen-bond donors (Lipinski definition) is 5. The highest BCUT2D eigenvalue weighted by molar-refractivity contribution is 9.10. The van der Waals surface area contributed by atoms with Crippen molar-refractivity contribution in [1.29, 1.82) is 5.26 Å². The molecule has 0 spiro atoms. The standard InChI is InChI=1S/C17H17BrN6O5S2/c18-7-1-12(8(2-19)21-3-7)31-16-15(27)13(14(26)11(5-25)29-16)22-4-9(24-20)10-6-30-17(28)23-10/h1,3-4,6,11,13-16,25-27H,5,20H2,(H,23,28)/t11?,13?,14-,15?,16+/m0/s1. The van der Waals surface area contributed by atoms with Crippen LogP contribution in [0, 0.1) is 11.3 Å². The highest BCUT2D eigenvalue weighted by Crippen LogP contribution is 2.36. The summed E-state index contributed by atoms with van der Waals surface area (Å²) in [5.41, 5.74) is -0.363. The van der Waals surface area contributed by atoms with E-state index in [4.69, 9.17) is 10.6 Å². The highest BCUT2D eigenvalue weighted by Gasteiger charge is 2.44. The van der Waals surface area contributed by atoms with Gasteiger partial charge in [-0.2, -0.15) is 10.4 Å². The van der Waals surface area contributed by atoms with Crippen molar-refractivity contribution < 1.29 is 20.1 Å². The fraction of sp³-hybridized carbons (Fsp3) is 0.353. The minimum atomic E-state index is -1.33. The number of aliphatic hydroxyl groups excluding tert-OH is 3. The topological polar surface area (TPSA) is 190 Å². The van der Waals surface area contributed by atoms with Crippen LogP contribution in [0.3, 0.4) is 0 Å². The Kier molecular flexibility index (Phi) is 7.94. The fourth-order valence-electron chi connectivity index (χ4n) is 2.80. The maximum absolute atomic E-state index is 11.4. The first kappa shape index (κ1) is 23.5. The third kappa shape index (κ3) is 5.39. The average molecular weight is 529 g/mol. The van der Waals surface area contributed by atoms with E-state index in [0.29, 0.717) is 15.1 Å². The van der Waals surface area contributed by atoms with Crippen LogP contribution in [0.2, 0.25) is 0 Å². The number of nitrogens with one attached hydrogen (secondary N) is 1. The minimum absolute atomic E-state index is 0.134. The van der Waals surface area contributed by atoms with Gasteiger partial charge in [0.25, 0.3) is 0 Å². The maximum Gasteiger partial charge on any atom is 0.304 e. The predicted octanol–water partition coefficient (Wildman–Crippen LogP) is -0.201. The lowest BCUT2D eigenvalue weighted by atomic mass is 9.98. The molecule has 31 heavy (non-hydrogen) atoms. The van der Waals surface area contributed by atoms with Crippen LogP contribution in [0.5, 0.6) is 0 Å². The van der Waals surface area contributed by atoms with E-state index >= 15 is 0 Å². The van der Waals surface area contributed by atoms with Crippen molar-refractivity contribution in [2.75, 3.05) is 6.61 Å². The van der Waals surface area contributed by atoms with Crippen molar-refractivity contribution in [1.82, 2.24) is 9.97 Å². The first-order valence-electron chi connectivity index (χ1n) is 8.72. The lowest BCUT2D eigenvalue weighted by Gasteiger charge is -2.40. The summed E-state index contributed by atoms with van der Waals surface area (Å²) in [4.78, 5) is 22.3. The molecule has 2 aromatic heterocycles. The van der Waals surface area contributed by atoms with Crippen molar-refractivity contribution in [3.8, 4) is 6.07 Å². The number of aromatic amines is 1. The number of rotatable bonds is 6. The van der Waals surface area contributed by atoms with Gasteiger partial charge in [-0.05, 0) is 22.0 Å². The van der Waals surface area contributed by atoms with Crippen LogP contribution in [0.4, 0.5) is 0 Å². The molecule has 0 aromatic carbocycles. The van der Waals surface area contributed by atoms with Gasteiger partial charge in [0.1, 0.15) is 41.6 Å². The number of aliphatic imine (C=N–C) groups is 1. The van der Waals surface area contributed by atoms with Crippen LogP contribution in [0.1, 0.15) is 11.4 Å². The number of H-pyrrole nitrogens is 1. The monoisotopic (exact) mass is 528 g/mol. The molecular formula is C17H17BrN6O5S2. The van der Waals surface area contributed by atoms with Crippen molar-refractivity contribution in [3.05, 3.63) is 43.2 Å². The van der Waals surface area contributed by atoms with Crippen LogP contribution >= 0.6 is 39.0 Å². The molecule has 6 N–H and O–H groups in total. The number of aromatic nitrogens is 2. The Balaban J connectivity index is 1.87. The van der Waals surface area contributed by atoms with Crippen molar-refractivity contribution >= 4 is 51.0 Å². The lowest BCUT2D eigenvalue weighted by molar-refractivity contribution is -0.159. The summed E-state index contributed by atoms with van der Waals surface area (Å²) < 4.78 is 6.27. The number of nitrogens with zero attached hydrogens (tertiary/aromatic N) is 4. The number of thiazole rings is 1. The van der Waals surface area contributed by atoms with Crippen LogP contribution in [0.25, 0.3) is 0 Å². The zero-order valence-corrected chi connectivity index (χ0v) is 18.8. The number of aliphatic hydroxyl groups is 3. The van der Waals surface area contributed by atoms with Crippen LogP contribution in [-0.4, -0.2) is 73.6 Å². The summed E-state index contributed by atoms with van der Waals surface area (Å²) in [6.45, 7) is -0.519. The molecule has 1 fully saturated rings. The number of nitriles is 1. The Morgan fingerprint density at radius 1 is 1.52 bits per heavy atom. The molecule has 3 heterocycles. The van der Waals surface area contributed by atoms with Gasteiger partial charge >= 0.3 is 4.87 Å². The smallest absolute Gasteiger partial charge is 0.304 e. The van der Waals surface area contributed by atoms with E-state index in [1.54, 1.807) is 6.07 Å². The third-order valence-electron chi connectivity index (χ3n) is 4.32. The summed E-state index contributed by atoms with van der Waals surface area (Å²) in [6.07, 6.45) is -0.989. The number of hydrazone groups is 1. The molecule has 3 rings (SSSR count). The van der Waals surface area contributed by atoms with Crippen LogP contribution < -0.4 is 10.7 Å². The molecule has 164 valence electrons. The number of pyridine rings is 1. The molecule has 2 aromatic rings. The van der Waals surface area contributed by atoms with Crippen molar-refractivity contribution in [3.63, 3.8) is 0 Å². The van der Waals surface area contributed by atoms with Gasteiger partial charge in [-0.3, -0.25) is 9.79 Å². The van der Waals surface area contributed by atoms with Gasteiger partial charge in [0, 0.05) is 20.9 Å². The molecule has 0 saturated carbocycles. The Morgan fingerprint density at radius 3 is 2.90 bits per heavy atom. The Bertz CT molecular complexity index is 1080. The van der Waals surface area contributed by atoms with E-state index in [0.717, 1.165) is 23.1 Å². The molecule has 1 aliphatic rings. The zero-order chi connectivity index (χ0) is 22.5. The molecule has 1 aliphatic heterocycles. The van der Waals surface area contributed by atoms with E-state index in [9.17, 15) is 25.4 Å². The fourth-order valence-corrected chi connectivity index (χ4v) is 5.01. The lowest BCUT2D eigenvalue weighted by Crippen LogP contribution is -2.56. The van der Waals surface area contributed by atoms with Crippen molar-refractivity contribution in [2.24, 2.45) is 15.9 Å². The van der Waals surface area contributed by atoms with E-state index in [1.807, 2.05) is 6.07 Å². The third-order valence-corrected chi connectivity index (χ3v) is 6.61. The van der Waals surface area contributed by atoms with Gasteiger partial charge in [-0.15, -0.1) is 0 Å². The SMILES string of the molecule is N#Cc1ncc(Br)cc1S[C@H]1OC(CO)[C@H](O)C(N=CC(=NN)c2csc(=O)[nH]2)C1O. The summed E-state index contributed by atoms with van der Waals surface area (Å²) in [6, 6.07) is 2.51. The molecule has 5 atom stereocenters. The van der Waals surface area contributed by atoms with Crippen molar-refractivity contribution in [2.45, 2.75) is 34.7 Å². The number of nitrogens with two attached hydrogens (primary N) is 1. The van der Waals surface area contributed by atoms with Gasteiger partial charge in [-0.1, -0.05) is 23.1 Å². The maximum atomic E-state index is 11.4. The molecule has 0 radical (unpaired) electrons. The Hall–Kier alpha value is -2.12. The number of thioether (sulfide) groups is 1. The van der Waals surface area contributed by atoms with E-state index < -0.39 is 36.4 Å². The molecule has 11 nitrogen and oxygen atoms in total. The van der Waals surface area contributed by atoms with Gasteiger partial charge in [0.05, 0.1) is 18.5 Å². The second-order valence-electron chi connectivity index (χ2n) is 6.28. The quantitative estimate of drug-likeness (QED) is 0.192. The molecule has 1 saturated heterocycles. The van der Waals surface area contributed by atoms with E-state index in [1.165, 1.54) is 17.8 Å². The second kappa shape index (κ2) is 10.5. The first-order valence-corrected chi connectivity index (χ1v) is 11.3. The number of hydrogen-bond acceptors (Lipinski definition) is 12. The number of halogens is 1. The Morgan fingerprint density at radius 2 is 2.29 bits per heavy atom. The molecule has 0 aliphatic carbocycles. The Labute approximate surface area is 192 Å². The minimum Gasteiger partial charge on any atom is -0.394 e. The normalized spacial score (nSPS) is 26.8. The summed E-state index contributed by atoms with van der Waals surface area (Å²) in [5.74, 6) is 5.37. The van der Waals surface area contributed by atoms with E-state index in [-0.39, 0.29) is 16.3 Å². The molecule has 3 unspecified atom stereocenters. The number of ether oxygens (including phenoxy) is 1. The predicted molar refractivity (Wildman–Crippen MR) is 118 cm³/mol. The summed E-state index contributed by atoms with van der Waals surface area (Å²) in [5, 5.41) is 45.3. The largest absolute Gasteiger partial charge is 0.394 e. The van der Waals surface area contributed by atoms with Gasteiger partial charge in [-0.25, -0.2) is 4.98 Å². The molecular weight excluding hydrogens is 512 g/mol. The van der Waals surface area contributed by atoms with Crippen LogP contribution in [0.15, 0.2) is 41.9 Å². The second-order valence-corrected chi connectivity index (χ2v) is 9.18. The average Bonchev–Trinajstić information content (AvgIpc) is 3.18. The molecule has 0 amide bonds.